The van der Waals surface area contributed by atoms with E-state index in [4.69, 9.17) is 5.73 Å². The van der Waals surface area contributed by atoms with Gasteiger partial charge < -0.3 is 5.73 Å². The molecule has 0 fully saturated rings. The van der Waals surface area contributed by atoms with Gasteiger partial charge in [-0.25, -0.2) is 13.2 Å². The molecule has 0 saturated heterocycles. The number of hydrazone groups is 1. The quantitative estimate of drug-likeness (QED) is 0.814. The number of nitrogens with two attached hydrogens (primary N) is 1. The summed E-state index contributed by atoms with van der Waals surface area (Å²) in [5.41, 5.74) is 5.69. The zero-order valence-electron chi connectivity index (χ0n) is 9.45. The highest BCUT2D eigenvalue weighted by Crippen LogP contribution is 2.26. The molecule has 1 unspecified atom stereocenters. The Morgan fingerprint density at radius 3 is 2.33 bits per heavy atom. The zero-order chi connectivity index (χ0) is 13.4. The summed E-state index contributed by atoms with van der Waals surface area (Å²) in [7, 11) is 0. The first-order valence-corrected chi connectivity index (χ1v) is 5.19. The third-order valence-electron chi connectivity index (χ3n) is 2.72. The number of amides is 1. The van der Waals surface area contributed by atoms with Gasteiger partial charge in [0.25, 0.3) is 5.91 Å². The van der Waals surface area contributed by atoms with Crippen molar-refractivity contribution in [3.8, 4) is 0 Å². The number of carbonyl (C=O) groups excluding carboxylic acids is 1. The minimum atomic E-state index is -1.58. The van der Waals surface area contributed by atoms with Gasteiger partial charge in [-0.2, -0.15) is 10.1 Å². The third-order valence-corrected chi connectivity index (χ3v) is 2.72. The van der Waals surface area contributed by atoms with Crippen LogP contribution in [-0.2, 0) is 4.79 Å². The van der Waals surface area contributed by atoms with E-state index in [9.17, 15) is 18.0 Å². The normalized spacial score (nSPS) is 19.4. The van der Waals surface area contributed by atoms with Crippen molar-refractivity contribution in [2.75, 3.05) is 11.6 Å². The Balaban J connectivity index is 2.43. The molecule has 7 heteroatoms. The summed E-state index contributed by atoms with van der Waals surface area (Å²) in [5.74, 6) is -5.42. The fourth-order valence-electron chi connectivity index (χ4n) is 1.72. The van der Waals surface area contributed by atoms with Gasteiger partial charge in [0, 0.05) is 24.4 Å². The fourth-order valence-corrected chi connectivity index (χ4v) is 1.72. The second kappa shape index (κ2) is 4.41. The van der Waals surface area contributed by atoms with Crippen LogP contribution in [0.3, 0.4) is 0 Å². The third kappa shape index (κ3) is 1.86. The Labute approximate surface area is 101 Å². The van der Waals surface area contributed by atoms with Crippen molar-refractivity contribution < 1.29 is 18.0 Å². The number of rotatable bonds is 2. The van der Waals surface area contributed by atoms with Crippen LogP contribution in [-0.4, -0.2) is 18.2 Å². The summed E-state index contributed by atoms with van der Waals surface area (Å²) in [6, 6.07) is 1.43. The molecule has 0 saturated carbocycles. The van der Waals surface area contributed by atoms with Gasteiger partial charge in [0.1, 0.15) is 0 Å². The summed E-state index contributed by atoms with van der Waals surface area (Å²) >= 11 is 0. The fraction of sp³-hybridized carbons (Fsp3) is 0.273. The monoisotopic (exact) mass is 257 g/mol. The molecule has 0 aromatic heterocycles. The van der Waals surface area contributed by atoms with Crippen molar-refractivity contribution in [3.05, 3.63) is 29.6 Å². The SMILES string of the molecule is CC1=NN(c2cc(F)c(F)c(F)c2)C(=O)C1CN. The van der Waals surface area contributed by atoms with E-state index < -0.39 is 29.3 Å². The van der Waals surface area contributed by atoms with Gasteiger partial charge in [0.05, 0.1) is 11.6 Å². The highest BCUT2D eigenvalue weighted by molar-refractivity contribution is 6.14. The predicted octanol–water partition coefficient (Wildman–Crippen LogP) is 1.40. The molecule has 1 aromatic rings. The lowest BCUT2D eigenvalue weighted by Crippen LogP contribution is -2.32. The molecule has 2 N–H and O–H groups in total. The molecule has 0 radical (unpaired) electrons. The first-order chi connectivity index (χ1) is 8.45. The number of nitrogens with zero attached hydrogens (tertiary/aromatic N) is 2. The molecule has 1 atom stereocenters. The van der Waals surface area contributed by atoms with Crippen molar-refractivity contribution in [1.82, 2.24) is 0 Å². The molecule has 2 rings (SSSR count). The standard InChI is InChI=1S/C11H10F3N3O/c1-5-7(4-15)11(18)17(16-5)6-2-8(12)10(14)9(13)3-6/h2-3,7H,4,15H2,1H3. The van der Waals surface area contributed by atoms with Crippen LogP contribution >= 0.6 is 0 Å². The van der Waals surface area contributed by atoms with Crippen molar-refractivity contribution in [1.29, 1.82) is 0 Å². The number of hydrogen-bond acceptors (Lipinski definition) is 3. The first kappa shape index (κ1) is 12.6. The van der Waals surface area contributed by atoms with Crippen molar-refractivity contribution >= 4 is 17.3 Å². The summed E-state index contributed by atoms with van der Waals surface area (Å²) in [5, 5.41) is 4.70. The largest absolute Gasteiger partial charge is 0.329 e. The molecular weight excluding hydrogens is 247 g/mol. The molecule has 0 aliphatic carbocycles. The predicted molar refractivity (Wildman–Crippen MR) is 59.5 cm³/mol. The van der Waals surface area contributed by atoms with Gasteiger partial charge in [-0.05, 0) is 6.92 Å². The van der Waals surface area contributed by atoms with Gasteiger partial charge >= 0.3 is 0 Å². The molecule has 4 nitrogen and oxygen atoms in total. The van der Waals surface area contributed by atoms with Gasteiger partial charge in [0.15, 0.2) is 17.5 Å². The van der Waals surface area contributed by atoms with E-state index in [-0.39, 0.29) is 12.2 Å². The Morgan fingerprint density at radius 1 is 1.33 bits per heavy atom. The average molecular weight is 257 g/mol. The smallest absolute Gasteiger partial charge is 0.257 e. The molecule has 1 aromatic carbocycles. The highest BCUT2D eigenvalue weighted by atomic mass is 19.2. The summed E-state index contributed by atoms with van der Waals surface area (Å²) in [4.78, 5) is 11.8. The Morgan fingerprint density at radius 2 is 1.89 bits per heavy atom. The Kier molecular flexibility index (Phi) is 3.08. The number of hydrogen-bond donors (Lipinski definition) is 1. The second-order valence-electron chi connectivity index (χ2n) is 3.90. The lowest BCUT2D eigenvalue weighted by atomic mass is 10.1. The maximum absolute atomic E-state index is 13.1. The van der Waals surface area contributed by atoms with E-state index in [2.05, 4.69) is 5.10 Å². The molecule has 0 bridgehead atoms. The van der Waals surface area contributed by atoms with Gasteiger partial charge in [-0.3, -0.25) is 4.79 Å². The Hall–Kier alpha value is -1.89. The van der Waals surface area contributed by atoms with Crippen molar-refractivity contribution in [2.24, 2.45) is 16.8 Å². The number of anilines is 1. The van der Waals surface area contributed by atoms with Crippen LogP contribution in [0.1, 0.15) is 6.92 Å². The van der Waals surface area contributed by atoms with E-state index in [1.54, 1.807) is 6.92 Å². The van der Waals surface area contributed by atoms with E-state index >= 15 is 0 Å². The number of carbonyl (C=O) groups is 1. The molecule has 1 aliphatic heterocycles. The highest BCUT2D eigenvalue weighted by Gasteiger charge is 2.34. The number of halogens is 3. The molecule has 1 heterocycles. The summed E-state index contributed by atoms with van der Waals surface area (Å²) < 4.78 is 38.9. The number of benzene rings is 1. The Bertz CT molecular complexity index is 521. The van der Waals surface area contributed by atoms with Gasteiger partial charge in [0.2, 0.25) is 0 Å². The van der Waals surface area contributed by atoms with Crippen LogP contribution < -0.4 is 10.7 Å². The minimum Gasteiger partial charge on any atom is -0.329 e. The second-order valence-corrected chi connectivity index (χ2v) is 3.90. The topological polar surface area (TPSA) is 58.7 Å². The van der Waals surface area contributed by atoms with Crippen LogP contribution in [0.15, 0.2) is 17.2 Å². The van der Waals surface area contributed by atoms with Crippen LogP contribution in [0.4, 0.5) is 18.9 Å². The summed E-state index contributed by atoms with van der Waals surface area (Å²) in [6.45, 7) is 1.64. The van der Waals surface area contributed by atoms with Crippen molar-refractivity contribution in [2.45, 2.75) is 6.92 Å². The minimum absolute atomic E-state index is 0.0524. The molecule has 0 spiro atoms. The molecule has 96 valence electrons. The van der Waals surface area contributed by atoms with Crippen molar-refractivity contribution in [3.63, 3.8) is 0 Å². The molecule has 1 aliphatic rings. The summed E-state index contributed by atoms with van der Waals surface area (Å²) in [6.07, 6.45) is 0. The molecule has 18 heavy (non-hydrogen) atoms. The average Bonchev–Trinajstić information content (AvgIpc) is 2.60. The lowest BCUT2D eigenvalue weighted by molar-refractivity contribution is -0.119. The van der Waals surface area contributed by atoms with E-state index in [0.29, 0.717) is 17.8 Å². The van der Waals surface area contributed by atoms with Crippen LogP contribution in [0.25, 0.3) is 0 Å². The van der Waals surface area contributed by atoms with Gasteiger partial charge in [-0.1, -0.05) is 0 Å². The van der Waals surface area contributed by atoms with Gasteiger partial charge in [-0.15, -0.1) is 0 Å². The first-order valence-electron chi connectivity index (χ1n) is 5.19. The maximum atomic E-state index is 13.1. The lowest BCUT2D eigenvalue weighted by Gasteiger charge is -2.14. The van der Waals surface area contributed by atoms with Crippen LogP contribution in [0, 0.1) is 23.4 Å². The molecule has 1 amide bonds. The molecular formula is C11H10F3N3O. The van der Waals surface area contributed by atoms with E-state index in [0.717, 1.165) is 5.01 Å². The van der Waals surface area contributed by atoms with Crippen LogP contribution in [0.5, 0.6) is 0 Å². The maximum Gasteiger partial charge on any atom is 0.257 e. The van der Waals surface area contributed by atoms with Crippen LogP contribution in [0.2, 0.25) is 0 Å². The zero-order valence-corrected chi connectivity index (χ0v) is 9.45. The van der Waals surface area contributed by atoms with E-state index in [1.165, 1.54) is 0 Å². The van der Waals surface area contributed by atoms with E-state index in [1.807, 2.05) is 0 Å².